The standard InChI is InChI=1S/C25H27N5O4/c1-2-34-25(33)29-21(17-6-4-3-5-7-17)24(32)30-13-11-20(30)23(31)28-15-16-8-9-19-18(14-16)10-12-27-22(19)26/h3-10,12,14,20-21H,2,11,13,15H2,1H3,(H2,26,27)(H,28,31)(H,29,33)/t20-,21+/m0/s1. The topological polar surface area (TPSA) is 127 Å². The molecule has 2 atom stereocenters. The predicted octanol–water partition coefficient (Wildman–Crippen LogP) is 2.52. The van der Waals surface area contributed by atoms with Gasteiger partial charge in [-0.3, -0.25) is 9.59 Å². The van der Waals surface area contributed by atoms with Gasteiger partial charge in [0.15, 0.2) is 0 Å². The maximum Gasteiger partial charge on any atom is 0.408 e. The summed E-state index contributed by atoms with van der Waals surface area (Å²) < 4.78 is 4.96. The van der Waals surface area contributed by atoms with E-state index in [1.54, 1.807) is 37.4 Å². The molecular formula is C25H27N5O4. The van der Waals surface area contributed by atoms with Gasteiger partial charge in [0.25, 0.3) is 5.91 Å². The first-order valence-electron chi connectivity index (χ1n) is 11.2. The van der Waals surface area contributed by atoms with Crippen LogP contribution in [-0.2, 0) is 20.9 Å². The van der Waals surface area contributed by atoms with Gasteiger partial charge in [-0.25, -0.2) is 9.78 Å². The van der Waals surface area contributed by atoms with Crippen LogP contribution in [-0.4, -0.2) is 47.0 Å². The van der Waals surface area contributed by atoms with Crippen LogP contribution in [0.1, 0.15) is 30.5 Å². The Bertz CT molecular complexity index is 1200. The molecule has 1 aromatic heterocycles. The largest absolute Gasteiger partial charge is 0.450 e. The van der Waals surface area contributed by atoms with Crippen molar-refractivity contribution in [1.29, 1.82) is 0 Å². The summed E-state index contributed by atoms with van der Waals surface area (Å²) in [6.45, 7) is 2.63. The Labute approximate surface area is 197 Å². The number of benzene rings is 2. The third-order valence-electron chi connectivity index (χ3n) is 5.85. The Hall–Kier alpha value is -4.14. The number of nitrogens with two attached hydrogens (primary N) is 1. The second-order valence-electron chi connectivity index (χ2n) is 8.01. The van der Waals surface area contributed by atoms with Crippen molar-refractivity contribution >= 4 is 34.5 Å². The number of fused-ring (bicyclic) bond motifs is 1. The molecule has 9 heteroatoms. The van der Waals surface area contributed by atoms with Crippen molar-refractivity contribution in [2.75, 3.05) is 18.9 Å². The summed E-state index contributed by atoms with van der Waals surface area (Å²) in [4.78, 5) is 43.8. The molecule has 1 aliphatic heterocycles. The Morgan fingerprint density at radius 1 is 1.18 bits per heavy atom. The number of nitrogens with zero attached hydrogens (tertiary/aromatic N) is 2. The van der Waals surface area contributed by atoms with E-state index in [0.717, 1.165) is 16.3 Å². The molecule has 1 saturated heterocycles. The molecule has 0 aliphatic carbocycles. The number of carbonyl (C=O) groups excluding carboxylic acids is 3. The van der Waals surface area contributed by atoms with Crippen LogP contribution in [0, 0.1) is 0 Å². The van der Waals surface area contributed by atoms with Crippen molar-refractivity contribution < 1.29 is 19.1 Å². The minimum atomic E-state index is -0.935. The highest BCUT2D eigenvalue weighted by Gasteiger charge is 2.41. The zero-order valence-corrected chi connectivity index (χ0v) is 18.9. The van der Waals surface area contributed by atoms with E-state index in [9.17, 15) is 14.4 Å². The van der Waals surface area contributed by atoms with Crippen molar-refractivity contribution in [3.05, 3.63) is 71.9 Å². The van der Waals surface area contributed by atoms with Crippen molar-refractivity contribution in [2.45, 2.75) is 32.0 Å². The second kappa shape index (κ2) is 10.2. The summed E-state index contributed by atoms with van der Waals surface area (Å²) in [5.41, 5.74) is 7.43. The van der Waals surface area contributed by atoms with Gasteiger partial charge in [-0.2, -0.15) is 0 Å². The zero-order chi connectivity index (χ0) is 24.1. The van der Waals surface area contributed by atoms with Crippen molar-refractivity contribution in [3.63, 3.8) is 0 Å². The van der Waals surface area contributed by atoms with E-state index in [-0.39, 0.29) is 18.4 Å². The maximum absolute atomic E-state index is 13.3. The molecule has 0 saturated carbocycles. The van der Waals surface area contributed by atoms with Crippen LogP contribution in [0.25, 0.3) is 10.8 Å². The van der Waals surface area contributed by atoms with Gasteiger partial charge in [-0.1, -0.05) is 42.5 Å². The lowest BCUT2D eigenvalue weighted by molar-refractivity contribution is -0.149. The van der Waals surface area contributed by atoms with Gasteiger partial charge in [0.2, 0.25) is 5.91 Å². The first kappa shape index (κ1) is 23.0. The minimum absolute atomic E-state index is 0.189. The Kier molecular flexibility index (Phi) is 6.91. The maximum atomic E-state index is 13.3. The molecule has 176 valence electrons. The Balaban J connectivity index is 1.42. The van der Waals surface area contributed by atoms with E-state index < -0.39 is 18.2 Å². The third kappa shape index (κ3) is 4.93. The lowest BCUT2D eigenvalue weighted by Gasteiger charge is -2.41. The molecule has 1 fully saturated rings. The molecule has 0 radical (unpaired) electrons. The van der Waals surface area contributed by atoms with Gasteiger partial charge in [-0.05, 0) is 42.0 Å². The monoisotopic (exact) mass is 461 g/mol. The number of nitrogens with one attached hydrogen (secondary N) is 2. The summed E-state index contributed by atoms with van der Waals surface area (Å²) >= 11 is 0. The second-order valence-corrected chi connectivity index (χ2v) is 8.01. The summed E-state index contributed by atoms with van der Waals surface area (Å²) in [5.74, 6) is -0.127. The number of aromatic nitrogens is 1. The van der Waals surface area contributed by atoms with Gasteiger partial charge in [0, 0.05) is 24.7 Å². The lowest BCUT2D eigenvalue weighted by Crippen LogP contribution is -2.60. The van der Waals surface area contributed by atoms with Crippen LogP contribution < -0.4 is 16.4 Å². The van der Waals surface area contributed by atoms with Gasteiger partial charge >= 0.3 is 6.09 Å². The van der Waals surface area contributed by atoms with E-state index in [1.165, 1.54) is 4.90 Å². The van der Waals surface area contributed by atoms with E-state index in [1.807, 2.05) is 30.3 Å². The van der Waals surface area contributed by atoms with E-state index in [4.69, 9.17) is 10.5 Å². The number of likely N-dealkylation sites (tertiary alicyclic amines) is 1. The van der Waals surface area contributed by atoms with Crippen LogP contribution in [0.2, 0.25) is 0 Å². The summed E-state index contributed by atoms with van der Waals surface area (Å²) in [6.07, 6.45) is 1.52. The molecule has 0 unspecified atom stereocenters. The molecular weight excluding hydrogens is 434 g/mol. The number of pyridine rings is 1. The molecule has 9 nitrogen and oxygen atoms in total. The number of anilines is 1. The number of carbonyl (C=O) groups is 3. The molecule has 3 amide bonds. The van der Waals surface area contributed by atoms with Gasteiger partial charge < -0.3 is 26.0 Å². The van der Waals surface area contributed by atoms with Crippen LogP contribution in [0.4, 0.5) is 10.6 Å². The highest BCUT2D eigenvalue weighted by atomic mass is 16.5. The first-order chi connectivity index (χ1) is 16.5. The average Bonchev–Trinajstić information content (AvgIpc) is 2.81. The smallest absolute Gasteiger partial charge is 0.408 e. The Morgan fingerprint density at radius 2 is 1.97 bits per heavy atom. The number of amides is 3. The number of rotatable bonds is 7. The molecule has 2 aromatic carbocycles. The van der Waals surface area contributed by atoms with Crippen molar-refractivity contribution in [1.82, 2.24) is 20.5 Å². The number of nitrogen functional groups attached to an aromatic ring is 1. The molecule has 3 aromatic rings. The minimum Gasteiger partial charge on any atom is -0.450 e. The SMILES string of the molecule is CCOC(=O)N[C@@H](C(=O)N1CC[C@H]1C(=O)NCc1ccc2c(N)nccc2c1)c1ccccc1. The predicted molar refractivity (Wildman–Crippen MR) is 127 cm³/mol. The van der Waals surface area contributed by atoms with E-state index in [2.05, 4.69) is 15.6 Å². The quantitative estimate of drug-likeness (QED) is 0.496. The first-order valence-corrected chi connectivity index (χ1v) is 11.2. The van der Waals surface area contributed by atoms with E-state index >= 15 is 0 Å². The fourth-order valence-electron chi connectivity index (χ4n) is 3.98. The fraction of sp³-hybridized carbons (Fsp3) is 0.280. The lowest BCUT2D eigenvalue weighted by atomic mass is 9.97. The normalized spacial score (nSPS) is 15.8. The molecule has 1 aliphatic rings. The van der Waals surface area contributed by atoms with Crippen LogP contribution in [0.3, 0.4) is 0 Å². The average molecular weight is 462 g/mol. The molecule has 4 rings (SSSR count). The number of ether oxygens (including phenoxy) is 1. The van der Waals surface area contributed by atoms with E-state index in [0.29, 0.717) is 30.9 Å². The highest BCUT2D eigenvalue weighted by molar-refractivity contribution is 5.94. The number of hydrogen-bond donors (Lipinski definition) is 3. The summed E-state index contributed by atoms with van der Waals surface area (Å²) in [6, 6.07) is 15.0. The highest BCUT2D eigenvalue weighted by Crippen LogP contribution is 2.25. The van der Waals surface area contributed by atoms with Gasteiger partial charge in [0.1, 0.15) is 17.9 Å². The fourth-order valence-corrected chi connectivity index (χ4v) is 3.98. The number of hydrogen-bond acceptors (Lipinski definition) is 6. The van der Waals surface area contributed by atoms with Crippen molar-refractivity contribution in [2.24, 2.45) is 0 Å². The molecule has 0 bridgehead atoms. The molecule has 34 heavy (non-hydrogen) atoms. The summed E-state index contributed by atoms with van der Waals surface area (Å²) in [5, 5.41) is 7.33. The van der Waals surface area contributed by atoms with Crippen LogP contribution in [0.5, 0.6) is 0 Å². The van der Waals surface area contributed by atoms with Gasteiger partial charge in [0.05, 0.1) is 6.61 Å². The molecule has 2 heterocycles. The summed E-state index contributed by atoms with van der Waals surface area (Å²) in [7, 11) is 0. The molecule has 4 N–H and O–H groups in total. The number of alkyl carbamates (subject to hydrolysis) is 1. The Morgan fingerprint density at radius 3 is 2.68 bits per heavy atom. The van der Waals surface area contributed by atoms with Gasteiger partial charge in [-0.15, -0.1) is 0 Å². The van der Waals surface area contributed by atoms with Crippen LogP contribution >= 0.6 is 0 Å². The molecule has 0 spiro atoms. The van der Waals surface area contributed by atoms with Crippen molar-refractivity contribution in [3.8, 4) is 0 Å². The van der Waals surface area contributed by atoms with Crippen LogP contribution in [0.15, 0.2) is 60.8 Å². The third-order valence-corrected chi connectivity index (χ3v) is 5.85. The zero-order valence-electron chi connectivity index (χ0n) is 18.9.